The Hall–Kier alpha value is -3.36. The van der Waals surface area contributed by atoms with E-state index in [4.69, 9.17) is 11.6 Å². The summed E-state index contributed by atoms with van der Waals surface area (Å²) in [6, 6.07) is 22.9. The van der Waals surface area contributed by atoms with Gasteiger partial charge in [0, 0.05) is 24.5 Å². The van der Waals surface area contributed by atoms with Gasteiger partial charge in [-0.05, 0) is 47.2 Å². The topological polar surface area (TPSA) is 86.8 Å². The molecule has 0 spiro atoms. The van der Waals surface area contributed by atoms with Crippen LogP contribution < -0.4 is 9.62 Å². The summed E-state index contributed by atoms with van der Waals surface area (Å²) >= 11 is 6.11. The Morgan fingerprint density at radius 2 is 1.54 bits per heavy atom. The van der Waals surface area contributed by atoms with Crippen LogP contribution in [0.15, 0.2) is 78.9 Å². The normalized spacial score (nSPS) is 12.1. The van der Waals surface area contributed by atoms with Crippen LogP contribution in [0.25, 0.3) is 0 Å². The second kappa shape index (κ2) is 15.0. The molecule has 7 nitrogen and oxygen atoms in total. The lowest BCUT2D eigenvalue weighted by molar-refractivity contribution is -0.140. The first-order valence-electron chi connectivity index (χ1n) is 13.9. The summed E-state index contributed by atoms with van der Waals surface area (Å²) in [5.74, 6) is -0.723. The molecule has 1 N–H and O–H groups in total. The van der Waals surface area contributed by atoms with Gasteiger partial charge in [0.25, 0.3) is 0 Å². The molecule has 220 valence electrons. The maximum absolute atomic E-state index is 14.2. The molecule has 0 heterocycles. The number of anilines is 1. The van der Waals surface area contributed by atoms with Gasteiger partial charge in [-0.15, -0.1) is 0 Å². The minimum Gasteiger partial charge on any atom is -0.354 e. The molecule has 0 aliphatic heterocycles. The van der Waals surface area contributed by atoms with Crippen molar-refractivity contribution in [1.82, 2.24) is 10.2 Å². The molecule has 0 bridgehead atoms. The van der Waals surface area contributed by atoms with Crippen LogP contribution in [0.1, 0.15) is 56.2 Å². The van der Waals surface area contributed by atoms with E-state index in [2.05, 4.69) is 5.32 Å². The minimum absolute atomic E-state index is 0.0332. The fourth-order valence-corrected chi connectivity index (χ4v) is 5.64. The molecule has 0 fully saturated rings. The minimum atomic E-state index is -3.84. The van der Waals surface area contributed by atoms with Gasteiger partial charge in [-0.25, -0.2) is 8.42 Å². The number of hydrogen-bond donors (Lipinski definition) is 1. The molecule has 3 aromatic rings. The Morgan fingerprint density at radius 1 is 0.902 bits per heavy atom. The lowest BCUT2D eigenvalue weighted by Crippen LogP contribution is -2.53. The summed E-state index contributed by atoms with van der Waals surface area (Å²) in [5.41, 5.74) is 2.93. The fraction of sp³-hybridized carbons (Fsp3) is 0.375. The van der Waals surface area contributed by atoms with Crippen molar-refractivity contribution in [1.29, 1.82) is 0 Å². The van der Waals surface area contributed by atoms with Crippen LogP contribution in [0.2, 0.25) is 5.02 Å². The highest BCUT2D eigenvalue weighted by Crippen LogP contribution is 2.29. The highest BCUT2D eigenvalue weighted by molar-refractivity contribution is 7.92. The number of benzene rings is 3. The molecule has 0 saturated carbocycles. The zero-order valence-electron chi connectivity index (χ0n) is 24.2. The summed E-state index contributed by atoms with van der Waals surface area (Å²) in [5, 5.41) is 3.54. The number of nitrogens with zero attached hydrogens (tertiary/aromatic N) is 2. The van der Waals surface area contributed by atoms with Gasteiger partial charge in [-0.3, -0.25) is 13.9 Å². The first-order chi connectivity index (χ1) is 19.5. The van der Waals surface area contributed by atoms with Gasteiger partial charge in [0.15, 0.2) is 0 Å². The number of sulfonamides is 1. The van der Waals surface area contributed by atoms with Crippen LogP contribution in [-0.4, -0.2) is 50.5 Å². The highest BCUT2D eigenvalue weighted by Gasteiger charge is 2.33. The SMILES string of the molecule is CCCCNC(=O)[C@@H](Cc1ccccc1)N(Cc1ccc(Cl)cc1)C(=O)CN(c1ccccc1C(C)C)S(C)(=O)=O. The molecule has 0 aliphatic rings. The molecule has 2 amide bonds. The van der Waals surface area contributed by atoms with Crippen LogP contribution in [0.4, 0.5) is 5.69 Å². The molecule has 9 heteroatoms. The van der Waals surface area contributed by atoms with Gasteiger partial charge in [0.2, 0.25) is 21.8 Å². The zero-order chi connectivity index (χ0) is 30.0. The van der Waals surface area contributed by atoms with Crippen LogP contribution in [0.3, 0.4) is 0 Å². The monoisotopic (exact) mass is 597 g/mol. The molecular weight excluding hydrogens is 558 g/mol. The fourth-order valence-electron chi connectivity index (χ4n) is 4.64. The molecule has 0 aromatic heterocycles. The summed E-state index contributed by atoms with van der Waals surface area (Å²) in [6.45, 7) is 6.15. The summed E-state index contributed by atoms with van der Waals surface area (Å²) in [6.07, 6.45) is 3.10. The third-order valence-electron chi connectivity index (χ3n) is 6.87. The van der Waals surface area contributed by atoms with Crippen molar-refractivity contribution < 1.29 is 18.0 Å². The van der Waals surface area contributed by atoms with E-state index in [1.807, 2.05) is 63.2 Å². The van der Waals surface area contributed by atoms with E-state index in [0.29, 0.717) is 17.3 Å². The van der Waals surface area contributed by atoms with Crippen molar-refractivity contribution in [3.8, 4) is 0 Å². The number of nitrogens with one attached hydrogen (secondary N) is 1. The Morgan fingerprint density at radius 3 is 2.15 bits per heavy atom. The molecule has 0 saturated heterocycles. The van der Waals surface area contributed by atoms with Gasteiger partial charge >= 0.3 is 0 Å². The Balaban J connectivity index is 2.06. The number of rotatable bonds is 14. The van der Waals surface area contributed by atoms with Crippen LogP contribution in [0, 0.1) is 0 Å². The molecular formula is C32H40ClN3O4S. The van der Waals surface area contributed by atoms with E-state index in [-0.39, 0.29) is 24.8 Å². The average molecular weight is 598 g/mol. The van der Waals surface area contributed by atoms with E-state index in [1.165, 1.54) is 4.90 Å². The number of hydrogen-bond acceptors (Lipinski definition) is 4. The first-order valence-corrected chi connectivity index (χ1v) is 16.2. The van der Waals surface area contributed by atoms with Crippen molar-refractivity contribution in [2.24, 2.45) is 0 Å². The Bertz CT molecular complexity index is 1400. The second-order valence-corrected chi connectivity index (χ2v) is 12.8. The van der Waals surface area contributed by atoms with Crippen molar-refractivity contribution in [2.45, 2.75) is 58.5 Å². The van der Waals surface area contributed by atoms with E-state index in [1.54, 1.807) is 36.4 Å². The second-order valence-electron chi connectivity index (χ2n) is 10.5. The van der Waals surface area contributed by atoms with Crippen molar-refractivity contribution in [2.75, 3.05) is 23.7 Å². The molecule has 3 aromatic carbocycles. The first kappa shape index (κ1) is 32.2. The quantitative estimate of drug-likeness (QED) is 0.238. The molecule has 1 atom stereocenters. The average Bonchev–Trinajstić information content (AvgIpc) is 2.94. The summed E-state index contributed by atoms with van der Waals surface area (Å²) in [4.78, 5) is 29.4. The third-order valence-corrected chi connectivity index (χ3v) is 8.25. The number of unbranched alkanes of at least 4 members (excludes halogenated alkanes) is 1. The van der Waals surface area contributed by atoms with Crippen molar-refractivity contribution in [3.05, 3.63) is 101 Å². The molecule has 41 heavy (non-hydrogen) atoms. The van der Waals surface area contributed by atoms with Crippen LogP contribution in [-0.2, 0) is 32.6 Å². The van der Waals surface area contributed by atoms with Gasteiger partial charge in [-0.1, -0.05) is 99.5 Å². The van der Waals surface area contributed by atoms with E-state index in [0.717, 1.165) is 40.1 Å². The number of carbonyl (C=O) groups excluding carboxylic acids is 2. The van der Waals surface area contributed by atoms with Gasteiger partial charge < -0.3 is 10.2 Å². The van der Waals surface area contributed by atoms with Crippen molar-refractivity contribution in [3.63, 3.8) is 0 Å². The highest BCUT2D eigenvalue weighted by atomic mass is 35.5. The lowest BCUT2D eigenvalue weighted by atomic mass is 10.0. The Kier molecular flexibility index (Phi) is 11.8. The van der Waals surface area contributed by atoms with E-state index in [9.17, 15) is 18.0 Å². The molecule has 3 rings (SSSR count). The van der Waals surface area contributed by atoms with Crippen molar-refractivity contribution >= 4 is 39.1 Å². The van der Waals surface area contributed by atoms with E-state index < -0.39 is 28.5 Å². The third kappa shape index (κ3) is 9.33. The lowest BCUT2D eigenvalue weighted by Gasteiger charge is -2.34. The molecule has 0 radical (unpaired) electrons. The van der Waals surface area contributed by atoms with E-state index >= 15 is 0 Å². The van der Waals surface area contributed by atoms with Crippen LogP contribution in [0.5, 0.6) is 0 Å². The Labute approximate surface area is 249 Å². The smallest absolute Gasteiger partial charge is 0.244 e. The summed E-state index contributed by atoms with van der Waals surface area (Å²) < 4.78 is 27.3. The summed E-state index contributed by atoms with van der Waals surface area (Å²) in [7, 11) is -3.84. The maximum atomic E-state index is 14.2. The number of carbonyl (C=O) groups is 2. The molecule has 0 unspecified atom stereocenters. The number of amides is 2. The molecule has 0 aliphatic carbocycles. The van der Waals surface area contributed by atoms with Gasteiger partial charge in [0.1, 0.15) is 12.6 Å². The van der Waals surface area contributed by atoms with Gasteiger partial charge in [0.05, 0.1) is 11.9 Å². The predicted molar refractivity (Wildman–Crippen MR) is 167 cm³/mol. The van der Waals surface area contributed by atoms with Crippen LogP contribution >= 0.6 is 11.6 Å². The maximum Gasteiger partial charge on any atom is 0.244 e. The predicted octanol–water partition coefficient (Wildman–Crippen LogP) is 5.79. The van der Waals surface area contributed by atoms with Gasteiger partial charge in [-0.2, -0.15) is 0 Å². The zero-order valence-corrected chi connectivity index (χ0v) is 25.8. The standard InChI is InChI=1S/C32H40ClN3O4S/c1-5-6-20-34-32(38)30(21-25-12-8-7-9-13-25)35(22-26-16-18-27(33)19-17-26)31(37)23-36(41(4,39)40)29-15-11-10-14-28(29)24(2)3/h7-19,24,30H,5-6,20-23H2,1-4H3,(H,34,38)/t30-/m1/s1. The number of para-hydroxylation sites is 1. The largest absolute Gasteiger partial charge is 0.354 e. The number of halogens is 1.